The molecule has 1 unspecified atom stereocenters. The van der Waals surface area contributed by atoms with Gasteiger partial charge in [0.15, 0.2) is 5.76 Å². The molecule has 0 fully saturated rings. The van der Waals surface area contributed by atoms with Crippen molar-refractivity contribution in [1.82, 2.24) is 10.8 Å². The molecule has 26 heavy (non-hydrogen) atoms. The number of rotatable bonds is 5. The van der Waals surface area contributed by atoms with Gasteiger partial charge in [0, 0.05) is 11.1 Å². The van der Waals surface area contributed by atoms with Crippen LogP contribution in [0.25, 0.3) is 11.1 Å². The van der Waals surface area contributed by atoms with Crippen molar-refractivity contribution in [1.29, 1.82) is 0 Å². The Balaban J connectivity index is 1.67. The van der Waals surface area contributed by atoms with Gasteiger partial charge in [-0.1, -0.05) is 42.5 Å². The van der Waals surface area contributed by atoms with E-state index in [1.807, 2.05) is 42.5 Å². The van der Waals surface area contributed by atoms with Gasteiger partial charge in [-0.2, -0.15) is 0 Å². The molecule has 0 aliphatic heterocycles. The number of furan rings is 1. The quantitative estimate of drug-likeness (QED) is 0.485. The third kappa shape index (κ3) is 3.81. The summed E-state index contributed by atoms with van der Waals surface area (Å²) in [5.74, 6) is -1.01. The van der Waals surface area contributed by atoms with Crippen molar-refractivity contribution in [2.75, 3.05) is 0 Å². The first-order chi connectivity index (χ1) is 12.6. The minimum Gasteiger partial charge on any atom is -0.459 e. The molecule has 3 aromatic rings. The maximum absolute atomic E-state index is 12.4. The first-order valence-corrected chi connectivity index (χ1v) is 8.07. The molecule has 0 aliphatic carbocycles. The first kappa shape index (κ1) is 17.4. The fraction of sp³-hybridized carbons (Fsp3) is 0.100. The van der Waals surface area contributed by atoms with E-state index in [1.54, 1.807) is 19.1 Å². The van der Waals surface area contributed by atoms with E-state index >= 15 is 0 Å². The van der Waals surface area contributed by atoms with Gasteiger partial charge in [0.2, 0.25) is 0 Å². The summed E-state index contributed by atoms with van der Waals surface area (Å²) in [5, 5.41) is 11.5. The summed E-state index contributed by atoms with van der Waals surface area (Å²) in [6, 6.07) is 18.4. The van der Waals surface area contributed by atoms with Crippen LogP contribution in [0, 0.1) is 0 Å². The maximum atomic E-state index is 12.4. The van der Waals surface area contributed by atoms with Gasteiger partial charge in [-0.15, -0.1) is 0 Å². The molecule has 0 saturated heterocycles. The lowest BCUT2D eigenvalue weighted by Gasteiger charge is -2.12. The Morgan fingerprint density at radius 1 is 0.962 bits per heavy atom. The van der Waals surface area contributed by atoms with Crippen LogP contribution in [-0.4, -0.2) is 17.0 Å². The van der Waals surface area contributed by atoms with Gasteiger partial charge in [0.25, 0.3) is 5.91 Å². The molecule has 0 radical (unpaired) electrons. The average Bonchev–Trinajstić information content (AvgIpc) is 3.18. The maximum Gasteiger partial charge on any atom is 0.310 e. The smallest absolute Gasteiger partial charge is 0.310 e. The van der Waals surface area contributed by atoms with Crippen LogP contribution in [0.2, 0.25) is 0 Å². The van der Waals surface area contributed by atoms with Crippen LogP contribution in [0.15, 0.2) is 71.3 Å². The first-order valence-electron chi connectivity index (χ1n) is 8.07. The van der Waals surface area contributed by atoms with Gasteiger partial charge in [-0.25, -0.2) is 5.48 Å². The summed E-state index contributed by atoms with van der Waals surface area (Å²) in [6.07, 6.45) is 1.37. The van der Waals surface area contributed by atoms with Crippen LogP contribution in [-0.2, 0) is 0 Å². The van der Waals surface area contributed by atoms with E-state index in [2.05, 4.69) is 5.32 Å². The van der Waals surface area contributed by atoms with Crippen LogP contribution in [0.1, 0.15) is 39.4 Å². The van der Waals surface area contributed by atoms with Crippen LogP contribution >= 0.6 is 0 Å². The van der Waals surface area contributed by atoms with E-state index in [-0.39, 0.29) is 17.7 Å². The van der Waals surface area contributed by atoms with E-state index in [0.29, 0.717) is 11.1 Å². The highest BCUT2D eigenvalue weighted by Crippen LogP contribution is 2.20. The monoisotopic (exact) mass is 350 g/mol. The standard InChI is InChI=1S/C20H18N2O4/c1-13(17-11-18(26-12-17)20(24)22-25)21-19(23)16-9-7-15(8-10-16)14-5-3-2-4-6-14/h2-13,25H,1H3,(H,21,23)(H,22,24). The number of hydrogen-bond donors (Lipinski definition) is 3. The summed E-state index contributed by atoms with van der Waals surface area (Å²) in [6.45, 7) is 1.78. The van der Waals surface area contributed by atoms with Crippen molar-refractivity contribution in [3.8, 4) is 11.1 Å². The zero-order valence-electron chi connectivity index (χ0n) is 14.1. The Hall–Kier alpha value is -3.38. The number of hydrogen-bond acceptors (Lipinski definition) is 4. The van der Waals surface area contributed by atoms with Crippen molar-refractivity contribution in [2.24, 2.45) is 0 Å². The third-order valence-electron chi connectivity index (χ3n) is 4.05. The molecule has 0 saturated carbocycles. The van der Waals surface area contributed by atoms with Gasteiger partial charge in [-0.3, -0.25) is 14.8 Å². The van der Waals surface area contributed by atoms with Crippen molar-refractivity contribution >= 4 is 11.8 Å². The number of carbonyl (C=O) groups is 2. The Morgan fingerprint density at radius 2 is 1.62 bits per heavy atom. The zero-order valence-corrected chi connectivity index (χ0v) is 14.1. The predicted molar refractivity (Wildman–Crippen MR) is 95.7 cm³/mol. The molecule has 2 aromatic carbocycles. The highest BCUT2D eigenvalue weighted by molar-refractivity contribution is 5.95. The van der Waals surface area contributed by atoms with Gasteiger partial charge in [-0.05, 0) is 36.2 Å². The lowest BCUT2D eigenvalue weighted by molar-refractivity contribution is 0.0676. The predicted octanol–water partition coefficient (Wildman–Crippen LogP) is 3.56. The molecule has 6 nitrogen and oxygen atoms in total. The van der Waals surface area contributed by atoms with E-state index in [9.17, 15) is 9.59 Å². The van der Waals surface area contributed by atoms with Crippen LogP contribution in [0.5, 0.6) is 0 Å². The minimum absolute atomic E-state index is 0.0317. The zero-order chi connectivity index (χ0) is 18.5. The highest BCUT2D eigenvalue weighted by Gasteiger charge is 2.16. The van der Waals surface area contributed by atoms with Crippen molar-refractivity contribution in [3.05, 3.63) is 83.8 Å². The largest absolute Gasteiger partial charge is 0.459 e. The second-order valence-electron chi connectivity index (χ2n) is 5.82. The fourth-order valence-corrected chi connectivity index (χ4v) is 2.56. The molecule has 0 spiro atoms. The molecule has 1 heterocycles. The van der Waals surface area contributed by atoms with E-state index in [4.69, 9.17) is 9.62 Å². The third-order valence-corrected chi connectivity index (χ3v) is 4.05. The molecule has 6 heteroatoms. The van der Waals surface area contributed by atoms with Gasteiger partial charge >= 0.3 is 5.91 Å². The second-order valence-corrected chi connectivity index (χ2v) is 5.82. The topological polar surface area (TPSA) is 91.6 Å². The van der Waals surface area contributed by atoms with Gasteiger partial charge < -0.3 is 9.73 Å². The summed E-state index contributed by atoms with van der Waals surface area (Å²) in [4.78, 5) is 23.7. The molecule has 1 aromatic heterocycles. The lowest BCUT2D eigenvalue weighted by Crippen LogP contribution is -2.26. The number of amides is 2. The Labute approximate surface area is 150 Å². The highest BCUT2D eigenvalue weighted by atomic mass is 16.5. The van der Waals surface area contributed by atoms with Crippen LogP contribution in [0.3, 0.4) is 0 Å². The fourth-order valence-electron chi connectivity index (χ4n) is 2.56. The molecule has 3 rings (SSSR count). The molecule has 3 N–H and O–H groups in total. The Bertz CT molecular complexity index is 901. The van der Waals surface area contributed by atoms with E-state index in [0.717, 1.165) is 11.1 Å². The number of carbonyl (C=O) groups excluding carboxylic acids is 2. The number of hydroxylamine groups is 1. The molecule has 0 bridgehead atoms. The van der Waals surface area contributed by atoms with E-state index < -0.39 is 5.91 Å². The Kier molecular flexibility index (Phi) is 5.15. The lowest BCUT2D eigenvalue weighted by atomic mass is 10.0. The summed E-state index contributed by atoms with van der Waals surface area (Å²) in [7, 11) is 0. The molecule has 0 aliphatic rings. The molecular weight excluding hydrogens is 332 g/mol. The van der Waals surface area contributed by atoms with Crippen molar-refractivity contribution in [2.45, 2.75) is 13.0 Å². The van der Waals surface area contributed by atoms with E-state index in [1.165, 1.54) is 17.8 Å². The van der Waals surface area contributed by atoms with Crippen molar-refractivity contribution in [3.63, 3.8) is 0 Å². The minimum atomic E-state index is -0.744. The van der Waals surface area contributed by atoms with Crippen molar-refractivity contribution < 1.29 is 19.2 Å². The average molecular weight is 350 g/mol. The van der Waals surface area contributed by atoms with Gasteiger partial charge in [0.1, 0.15) is 0 Å². The number of nitrogens with one attached hydrogen (secondary N) is 2. The van der Waals surface area contributed by atoms with Gasteiger partial charge in [0.05, 0.1) is 12.3 Å². The molecule has 132 valence electrons. The van der Waals surface area contributed by atoms with Crippen LogP contribution < -0.4 is 10.8 Å². The molecular formula is C20H18N2O4. The Morgan fingerprint density at radius 3 is 2.27 bits per heavy atom. The summed E-state index contributed by atoms with van der Waals surface area (Å²) < 4.78 is 5.07. The second kappa shape index (κ2) is 7.67. The molecule has 2 amide bonds. The normalized spacial score (nSPS) is 11.6. The number of benzene rings is 2. The summed E-state index contributed by atoms with van der Waals surface area (Å²) in [5.41, 5.74) is 4.77. The summed E-state index contributed by atoms with van der Waals surface area (Å²) >= 11 is 0. The SMILES string of the molecule is CC(NC(=O)c1ccc(-c2ccccc2)cc1)c1coc(C(=O)NO)c1. The molecule has 1 atom stereocenters. The van der Waals surface area contributed by atoms with Crippen LogP contribution in [0.4, 0.5) is 0 Å².